The first-order valence-corrected chi connectivity index (χ1v) is 10.3. The average molecular weight is 459 g/mol. The van der Waals surface area contributed by atoms with Crippen LogP contribution in [-0.4, -0.2) is 31.4 Å². The van der Waals surface area contributed by atoms with Gasteiger partial charge in [0.15, 0.2) is 11.0 Å². The molecule has 164 valence electrons. The second kappa shape index (κ2) is 9.27. The van der Waals surface area contributed by atoms with E-state index in [1.54, 1.807) is 30.8 Å². The van der Waals surface area contributed by atoms with E-state index in [-0.39, 0.29) is 17.3 Å². The van der Waals surface area contributed by atoms with Gasteiger partial charge in [-0.05, 0) is 48.5 Å². The summed E-state index contributed by atoms with van der Waals surface area (Å²) in [7, 11) is 0. The predicted octanol–water partition coefficient (Wildman–Crippen LogP) is 4.73. The number of hydrogen-bond acceptors (Lipinski definition) is 6. The number of aromatic nitrogens is 4. The van der Waals surface area contributed by atoms with Crippen molar-refractivity contribution in [1.82, 2.24) is 19.7 Å². The molecule has 1 amide bonds. The lowest BCUT2D eigenvalue weighted by Crippen LogP contribution is -2.15. The second-order valence-corrected chi connectivity index (χ2v) is 7.57. The first-order valence-electron chi connectivity index (χ1n) is 9.36. The maximum absolute atomic E-state index is 12.7. The number of pyridine rings is 1. The van der Waals surface area contributed by atoms with Gasteiger partial charge in [0.25, 0.3) is 0 Å². The highest BCUT2D eigenvalue weighted by molar-refractivity contribution is 7.99. The maximum Gasteiger partial charge on any atom is 0.416 e. The van der Waals surface area contributed by atoms with Gasteiger partial charge in [-0.25, -0.2) is 0 Å². The van der Waals surface area contributed by atoms with Gasteiger partial charge in [0, 0.05) is 23.6 Å². The second-order valence-electron chi connectivity index (χ2n) is 6.63. The third-order valence-electron chi connectivity index (χ3n) is 4.36. The molecule has 0 spiro atoms. The molecular formula is C21H16F3N5O2S. The molecule has 4 rings (SSSR count). The summed E-state index contributed by atoms with van der Waals surface area (Å²) in [5.41, 5.74) is 0.253. The minimum Gasteiger partial charge on any atom is -0.467 e. The highest BCUT2D eigenvalue weighted by Crippen LogP contribution is 2.30. The van der Waals surface area contributed by atoms with Crippen LogP contribution in [0.25, 0.3) is 11.4 Å². The zero-order chi connectivity index (χ0) is 22.6. The fraction of sp³-hybridized carbons (Fsp3) is 0.143. The topological polar surface area (TPSA) is 85.8 Å². The van der Waals surface area contributed by atoms with Crippen LogP contribution in [-0.2, 0) is 17.5 Å². The molecule has 0 radical (unpaired) electrons. The minimum atomic E-state index is -4.43. The Morgan fingerprint density at radius 1 is 1.09 bits per heavy atom. The molecule has 0 aliphatic heterocycles. The van der Waals surface area contributed by atoms with E-state index < -0.39 is 11.7 Å². The molecule has 0 unspecified atom stereocenters. The van der Waals surface area contributed by atoms with Gasteiger partial charge in [0.2, 0.25) is 5.91 Å². The van der Waals surface area contributed by atoms with Gasteiger partial charge < -0.3 is 9.73 Å². The molecule has 11 heteroatoms. The van der Waals surface area contributed by atoms with E-state index in [1.807, 2.05) is 16.7 Å². The monoisotopic (exact) mass is 459 g/mol. The molecule has 4 aromatic rings. The molecule has 1 aromatic carbocycles. The Morgan fingerprint density at radius 2 is 1.91 bits per heavy atom. The number of halogens is 3. The standard InChI is InChI=1S/C21H16F3N5O2S/c22-21(23,24)15-5-7-16(8-6-15)26-18(30)13-32-20-28-27-19(14-3-1-9-25-11-14)29(20)12-17-4-2-10-31-17/h1-11H,12-13H2,(H,26,30). The van der Waals surface area contributed by atoms with Crippen LogP contribution in [0.15, 0.2) is 76.8 Å². The molecule has 7 nitrogen and oxygen atoms in total. The van der Waals surface area contributed by atoms with Crippen LogP contribution in [0.5, 0.6) is 0 Å². The lowest BCUT2D eigenvalue weighted by atomic mass is 10.2. The van der Waals surface area contributed by atoms with Gasteiger partial charge in [-0.3, -0.25) is 14.3 Å². The zero-order valence-corrected chi connectivity index (χ0v) is 17.2. The Bertz CT molecular complexity index is 1180. The first kappa shape index (κ1) is 21.6. The Labute approximate surface area is 184 Å². The number of amides is 1. The lowest BCUT2D eigenvalue weighted by Gasteiger charge is -2.10. The van der Waals surface area contributed by atoms with Gasteiger partial charge in [-0.2, -0.15) is 13.2 Å². The summed E-state index contributed by atoms with van der Waals surface area (Å²) in [5, 5.41) is 11.5. The normalized spacial score (nSPS) is 11.5. The van der Waals surface area contributed by atoms with E-state index in [1.165, 1.54) is 12.1 Å². The number of nitrogens with one attached hydrogen (secondary N) is 1. The summed E-state index contributed by atoms with van der Waals surface area (Å²) in [6, 6.07) is 11.5. The predicted molar refractivity (Wildman–Crippen MR) is 112 cm³/mol. The summed E-state index contributed by atoms with van der Waals surface area (Å²) >= 11 is 1.15. The van der Waals surface area contributed by atoms with Crippen molar-refractivity contribution in [2.75, 3.05) is 11.1 Å². The van der Waals surface area contributed by atoms with Crippen molar-refractivity contribution in [3.8, 4) is 11.4 Å². The molecule has 0 fully saturated rings. The number of carbonyl (C=O) groups excluding carboxylic acids is 1. The fourth-order valence-corrected chi connectivity index (χ4v) is 3.61. The third kappa shape index (κ3) is 5.17. The largest absolute Gasteiger partial charge is 0.467 e. The number of furan rings is 1. The van der Waals surface area contributed by atoms with Gasteiger partial charge in [0.05, 0.1) is 24.1 Å². The molecule has 0 saturated carbocycles. The highest BCUT2D eigenvalue weighted by atomic mass is 32.2. The zero-order valence-electron chi connectivity index (χ0n) is 16.4. The number of alkyl halides is 3. The molecule has 32 heavy (non-hydrogen) atoms. The van der Waals surface area contributed by atoms with Crippen molar-refractivity contribution in [3.63, 3.8) is 0 Å². The van der Waals surface area contributed by atoms with Gasteiger partial charge >= 0.3 is 6.18 Å². The Hall–Kier alpha value is -3.60. The highest BCUT2D eigenvalue weighted by Gasteiger charge is 2.30. The van der Waals surface area contributed by atoms with Crippen LogP contribution in [0, 0.1) is 0 Å². The number of nitrogens with zero attached hydrogens (tertiary/aromatic N) is 4. The van der Waals surface area contributed by atoms with Crippen molar-refractivity contribution in [3.05, 3.63) is 78.5 Å². The van der Waals surface area contributed by atoms with Crippen molar-refractivity contribution < 1.29 is 22.4 Å². The molecule has 0 saturated heterocycles. The van der Waals surface area contributed by atoms with Crippen LogP contribution in [0.1, 0.15) is 11.3 Å². The minimum absolute atomic E-state index is 0.00957. The number of anilines is 1. The molecule has 0 bridgehead atoms. The SMILES string of the molecule is O=C(CSc1nnc(-c2cccnc2)n1Cc1ccco1)Nc1ccc(C(F)(F)F)cc1. The maximum atomic E-state index is 12.7. The van der Waals surface area contributed by atoms with Crippen molar-refractivity contribution >= 4 is 23.4 Å². The Morgan fingerprint density at radius 3 is 2.56 bits per heavy atom. The van der Waals surface area contributed by atoms with E-state index >= 15 is 0 Å². The Balaban J connectivity index is 1.46. The first-order chi connectivity index (χ1) is 15.4. The number of thioether (sulfide) groups is 1. The van der Waals surface area contributed by atoms with Gasteiger partial charge in [0.1, 0.15) is 5.76 Å². The summed E-state index contributed by atoms with van der Waals surface area (Å²) in [6.45, 7) is 0.354. The number of carbonyl (C=O) groups is 1. The number of rotatable bonds is 7. The van der Waals surface area contributed by atoms with E-state index in [0.29, 0.717) is 23.3 Å². The quantitative estimate of drug-likeness (QED) is 0.402. The summed E-state index contributed by atoms with van der Waals surface area (Å²) in [4.78, 5) is 16.4. The fourth-order valence-electron chi connectivity index (χ4n) is 2.87. The molecule has 3 aromatic heterocycles. The van der Waals surface area contributed by atoms with E-state index in [9.17, 15) is 18.0 Å². The summed E-state index contributed by atoms with van der Waals surface area (Å²) < 4.78 is 45.3. The van der Waals surface area contributed by atoms with Crippen LogP contribution in [0.4, 0.5) is 18.9 Å². The Kier molecular flexibility index (Phi) is 6.26. The van der Waals surface area contributed by atoms with Crippen molar-refractivity contribution in [2.45, 2.75) is 17.9 Å². The summed E-state index contributed by atoms with van der Waals surface area (Å²) in [5.74, 6) is 0.862. The molecule has 1 N–H and O–H groups in total. The van der Waals surface area contributed by atoms with Crippen LogP contribution >= 0.6 is 11.8 Å². The molecular weight excluding hydrogens is 443 g/mol. The molecule has 3 heterocycles. The molecule has 0 atom stereocenters. The van der Waals surface area contributed by atoms with Crippen molar-refractivity contribution in [2.24, 2.45) is 0 Å². The van der Waals surface area contributed by atoms with Gasteiger partial charge in [-0.15, -0.1) is 10.2 Å². The van der Waals surface area contributed by atoms with E-state index in [4.69, 9.17) is 4.42 Å². The molecule has 0 aliphatic carbocycles. The van der Waals surface area contributed by atoms with E-state index in [2.05, 4.69) is 20.5 Å². The molecule has 0 aliphatic rings. The average Bonchev–Trinajstić information content (AvgIpc) is 3.43. The smallest absolute Gasteiger partial charge is 0.416 e. The van der Waals surface area contributed by atoms with Crippen molar-refractivity contribution in [1.29, 1.82) is 0 Å². The number of hydrogen-bond donors (Lipinski definition) is 1. The van der Waals surface area contributed by atoms with Gasteiger partial charge in [-0.1, -0.05) is 11.8 Å². The third-order valence-corrected chi connectivity index (χ3v) is 5.33. The number of benzene rings is 1. The van der Waals surface area contributed by atoms with E-state index in [0.717, 1.165) is 29.5 Å². The van der Waals surface area contributed by atoms with Crippen LogP contribution < -0.4 is 5.32 Å². The summed E-state index contributed by atoms with van der Waals surface area (Å²) in [6.07, 6.45) is 0.447. The van der Waals surface area contributed by atoms with Crippen LogP contribution in [0.2, 0.25) is 0 Å². The van der Waals surface area contributed by atoms with Crippen LogP contribution in [0.3, 0.4) is 0 Å². The lowest BCUT2D eigenvalue weighted by molar-refractivity contribution is -0.137.